The number of hydrogen-bond donors (Lipinski definition) is 2. The molecular weight excluding hydrogens is 468 g/mol. The van der Waals surface area contributed by atoms with Crippen LogP contribution in [0.3, 0.4) is 0 Å². The summed E-state index contributed by atoms with van der Waals surface area (Å²) < 4.78 is 0. The van der Waals surface area contributed by atoms with Gasteiger partial charge in [-0.3, -0.25) is 14.6 Å². The third kappa shape index (κ3) is 6.20. The SMILES string of the molecule is CC(=O)N(C)[C@H]1CC[C@H](CC(=O)Nc2cnc(-c3ccc(C(C)(C)N)cc3)c(-c3ccsc3)c2)CC1. The molecule has 0 atom stereocenters. The van der Waals surface area contributed by atoms with Gasteiger partial charge in [0.2, 0.25) is 11.8 Å². The van der Waals surface area contributed by atoms with Crippen LogP contribution in [0.15, 0.2) is 53.4 Å². The Morgan fingerprint density at radius 2 is 1.81 bits per heavy atom. The number of nitrogens with zero attached hydrogens (tertiary/aromatic N) is 2. The summed E-state index contributed by atoms with van der Waals surface area (Å²) in [4.78, 5) is 31.1. The van der Waals surface area contributed by atoms with Crippen LogP contribution in [0.1, 0.15) is 58.4 Å². The van der Waals surface area contributed by atoms with Gasteiger partial charge < -0.3 is 16.0 Å². The normalized spacial score (nSPS) is 18.0. The summed E-state index contributed by atoms with van der Waals surface area (Å²) in [5.74, 6) is 0.460. The van der Waals surface area contributed by atoms with Crippen LogP contribution in [-0.4, -0.2) is 34.8 Å². The van der Waals surface area contributed by atoms with Crippen molar-refractivity contribution in [3.05, 3.63) is 58.9 Å². The number of nitrogens with one attached hydrogen (secondary N) is 1. The number of anilines is 1. The molecule has 0 spiro atoms. The average molecular weight is 505 g/mol. The van der Waals surface area contributed by atoms with Crippen molar-refractivity contribution in [2.45, 2.75) is 64.5 Å². The highest BCUT2D eigenvalue weighted by molar-refractivity contribution is 7.08. The Labute approximate surface area is 217 Å². The third-order valence-corrected chi connectivity index (χ3v) is 7.92. The first kappa shape index (κ1) is 26.0. The first-order chi connectivity index (χ1) is 17.1. The highest BCUT2D eigenvalue weighted by Crippen LogP contribution is 2.35. The van der Waals surface area contributed by atoms with Crippen molar-refractivity contribution in [1.29, 1.82) is 0 Å². The largest absolute Gasteiger partial charge is 0.343 e. The molecule has 4 rings (SSSR count). The molecule has 1 fully saturated rings. The number of rotatable bonds is 7. The highest BCUT2D eigenvalue weighted by Gasteiger charge is 2.26. The molecule has 2 heterocycles. The van der Waals surface area contributed by atoms with Crippen molar-refractivity contribution in [1.82, 2.24) is 9.88 Å². The molecule has 0 radical (unpaired) electrons. The zero-order valence-corrected chi connectivity index (χ0v) is 22.4. The van der Waals surface area contributed by atoms with Crippen molar-refractivity contribution in [3.63, 3.8) is 0 Å². The standard InChI is InChI=1S/C29H36N4O2S/c1-19(34)33(4)25-11-5-20(6-12-25)15-27(35)32-24-16-26(22-13-14-36-18-22)28(31-17-24)21-7-9-23(10-8-21)29(2,3)30/h7-10,13-14,16-18,20,25H,5-6,11-12,15,30H2,1-4H3,(H,32,35)/t20-,25-. The van der Waals surface area contributed by atoms with Crippen LogP contribution in [0.25, 0.3) is 22.4 Å². The molecule has 1 aromatic carbocycles. The number of benzene rings is 1. The summed E-state index contributed by atoms with van der Waals surface area (Å²) in [6, 6.07) is 12.6. The van der Waals surface area contributed by atoms with Gasteiger partial charge in [0.25, 0.3) is 0 Å². The van der Waals surface area contributed by atoms with Crippen molar-refractivity contribution >= 4 is 28.8 Å². The maximum atomic E-state index is 12.9. The van der Waals surface area contributed by atoms with Gasteiger partial charge in [0.05, 0.1) is 17.6 Å². The van der Waals surface area contributed by atoms with Crippen molar-refractivity contribution < 1.29 is 9.59 Å². The number of hydrogen-bond acceptors (Lipinski definition) is 5. The monoisotopic (exact) mass is 504 g/mol. The number of nitrogens with two attached hydrogens (primary N) is 1. The Morgan fingerprint density at radius 3 is 2.39 bits per heavy atom. The molecule has 2 aromatic heterocycles. The number of thiophene rings is 1. The number of pyridine rings is 1. The van der Waals surface area contributed by atoms with Crippen LogP contribution in [0, 0.1) is 5.92 Å². The van der Waals surface area contributed by atoms with Gasteiger partial charge >= 0.3 is 0 Å². The molecular formula is C29H36N4O2S. The predicted octanol–water partition coefficient (Wildman–Crippen LogP) is 6.04. The predicted molar refractivity (Wildman–Crippen MR) is 148 cm³/mol. The lowest BCUT2D eigenvalue weighted by molar-refractivity contribution is -0.130. The molecule has 0 bridgehead atoms. The molecule has 1 aliphatic carbocycles. The van der Waals surface area contributed by atoms with Crippen LogP contribution >= 0.6 is 11.3 Å². The van der Waals surface area contributed by atoms with E-state index in [2.05, 4.69) is 28.9 Å². The van der Waals surface area contributed by atoms with Gasteiger partial charge in [-0.15, -0.1) is 0 Å². The number of carbonyl (C=O) groups excluding carboxylic acids is 2. The lowest BCUT2D eigenvalue weighted by atomic mass is 9.83. The Hall–Kier alpha value is -3.03. The molecule has 190 valence electrons. The second-order valence-electron chi connectivity index (χ2n) is 10.5. The van der Waals surface area contributed by atoms with E-state index in [9.17, 15) is 9.59 Å². The van der Waals surface area contributed by atoms with Gasteiger partial charge in [-0.05, 0) is 79.5 Å². The number of amides is 2. The number of aromatic nitrogens is 1. The highest BCUT2D eigenvalue weighted by atomic mass is 32.1. The fourth-order valence-electron chi connectivity index (χ4n) is 4.93. The molecule has 3 aromatic rings. The second-order valence-corrected chi connectivity index (χ2v) is 11.3. The fraction of sp³-hybridized carbons (Fsp3) is 0.414. The first-order valence-corrected chi connectivity index (χ1v) is 13.5. The smallest absolute Gasteiger partial charge is 0.224 e. The molecule has 0 unspecified atom stereocenters. The van der Waals surface area contributed by atoms with Crippen LogP contribution in [0.2, 0.25) is 0 Å². The van der Waals surface area contributed by atoms with E-state index < -0.39 is 5.54 Å². The maximum absolute atomic E-state index is 12.9. The molecule has 0 aliphatic heterocycles. The minimum absolute atomic E-state index is 0.0127. The lowest BCUT2D eigenvalue weighted by Crippen LogP contribution is -2.38. The zero-order chi connectivity index (χ0) is 25.9. The molecule has 2 amide bonds. The minimum Gasteiger partial charge on any atom is -0.343 e. The molecule has 0 saturated heterocycles. The van der Waals surface area contributed by atoms with Gasteiger partial charge in [-0.25, -0.2) is 0 Å². The average Bonchev–Trinajstić information content (AvgIpc) is 3.38. The van der Waals surface area contributed by atoms with Crippen molar-refractivity contribution in [2.24, 2.45) is 11.7 Å². The minimum atomic E-state index is -0.404. The summed E-state index contributed by atoms with van der Waals surface area (Å²) in [6.07, 6.45) is 6.05. The molecule has 1 saturated carbocycles. The van der Waals surface area contributed by atoms with E-state index in [4.69, 9.17) is 10.7 Å². The Balaban J connectivity index is 1.47. The van der Waals surface area contributed by atoms with Gasteiger partial charge in [0, 0.05) is 43.1 Å². The second kappa shape index (κ2) is 10.9. The van der Waals surface area contributed by atoms with Gasteiger partial charge in [-0.2, -0.15) is 11.3 Å². The third-order valence-electron chi connectivity index (χ3n) is 7.24. The van der Waals surface area contributed by atoms with Gasteiger partial charge in [0.15, 0.2) is 0 Å². The lowest BCUT2D eigenvalue weighted by Gasteiger charge is -2.34. The zero-order valence-electron chi connectivity index (χ0n) is 21.6. The van der Waals surface area contributed by atoms with E-state index in [1.165, 1.54) is 0 Å². The van der Waals surface area contributed by atoms with Gasteiger partial charge in [-0.1, -0.05) is 24.3 Å². The quantitative estimate of drug-likeness (QED) is 0.411. The summed E-state index contributed by atoms with van der Waals surface area (Å²) in [7, 11) is 1.87. The first-order valence-electron chi connectivity index (χ1n) is 12.6. The summed E-state index contributed by atoms with van der Waals surface area (Å²) >= 11 is 1.63. The molecule has 3 N–H and O–H groups in total. The van der Waals surface area contributed by atoms with E-state index in [1.54, 1.807) is 24.5 Å². The Kier molecular flexibility index (Phi) is 7.91. The van der Waals surface area contributed by atoms with E-state index >= 15 is 0 Å². The summed E-state index contributed by atoms with van der Waals surface area (Å²) in [6.45, 7) is 5.59. The van der Waals surface area contributed by atoms with Crippen LogP contribution in [0.4, 0.5) is 5.69 Å². The molecule has 36 heavy (non-hydrogen) atoms. The molecule has 6 nitrogen and oxygen atoms in total. The van der Waals surface area contributed by atoms with E-state index in [1.807, 2.05) is 49.4 Å². The Bertz CT molecular complexity index is 1190. The fourth-order valence-corrected chi connectivity index (χ4v) is 5.58. The number of carbonyl (C=O) groups is 2. The van der Waals surface area contributed by atoms with E-state index in [-0.39, 0.29) is 17.9 Å². The van der Waals surface area contributed by atoms with Crippen LogP contribution in [-0.2, 0) is 15.1 Å². The summed E-state index contributed by atoms with van der Waals surface area (Å²) in [5.41, 5.74) is 11.6. The van der Waals surface area contributed by atoms with E-state index in [0.717, 1.165) is 53.6 Å². The van der Waals surface area contributed by atoms with Crippen LogP contribution in [0.5, 0.6) is 0 Å². The van der Waals surface area contributed by atoms with Crippen molar-refractivity contribution in [2.75, 3.05) is 12.4 Å². The van der Waals surface area contributed by atoms with Crippen molar-refractivity contribution in [3.8, 4) is 22.4 Å². The molecule has 7 heteroatoms. The maximum Gasteiger partial charge on any atom is 0.224 e. The Morgan fingerprint density at radius 1 is 1.11 bits per heavy atom. The van der Waals surface area contributed by atoms with Gasteiger partial charge in [0.1, 0.15) is 0 Å². The van der Waals surface area contributed by atoms with E-state index in [0.29, 0.717) is 18.0 Å². The molecule has 1 aliphatic rings. The topological polar surface area (TPSA) is 88.3 Å². The summed E-state index contributed by atoms with van der Waals surface area (Å²) in [5, 5.41) is 7.22. The van der Waals surface area contributed by atoms with Crippen LogP contribution < -0.4 is 11.1 Å².